The molecule has 0 heterocycles. The monoisotopic (exact) mass is 319 g/mol. The number of aromatic carboxylic acids is 1. The standard InChI is InChI=1S/C16H17NO6/c1-21-9-7-11(15(23-3)13(8-9)22-2)17-14-10(16(19)20)5-4-6-12(14)18/h4-8,17-18H,1-3H3,(H,19,20). The third kappa shape index (κ3) is 3.23. The van der Waals surface area contributed by atoms with Crippen molar-refractivity contribution in [3.05, 3.63) is 35.9 Å². The van der Waals surface area contributed by atoms with Crippen LogP contribution >= 0.6 is 0 Å². The van der Waals surface area contributed by atoms with Gasteiger partial charge in [-0.2, -0.15) is 0 Å². The number of carboxylic acid groups (broad SMARTS) is 1. The minimum Gasteiger partial charge on any atom is -0.506 e. The fourth-order valence-electron chi connectivity index (χ4n) is 2.13. The number of aromatic hydroxyl groups is 1. The SMILES string of the molecule is COc1cc(Nc2c(O)cccc2C(=O)O)c(OC)c(OC)c1. The number of hydrogen-bond acceptors (Lipinski definition) is 6. The van der Waals surface area contributed by atoms with Crippen molar-refractivity contribution in [2.45, 2.75) is 0 Å². The number of carbonyl (C=O) groups is 1. The number of methoxy groups -OCH3 is 3. The molecule has 23 heavy (non-hydrogen) atoms. The van der Waals surface area contributed by atoms with Gasteiger partial charge in [0.25, 0.3) is 0 Å². The summed E-state index contributed by atoms with van der Waals surface area (Å²) in [6.07, 6.45) is 0. The van der Waals surface area contributed by atoms with Crippen molar-refractivity contribution in [3.63, 3.8) is 0 Å². The summed E-state index contributed by atoms with van der Waals surface area (Å²) in [5.74, 6) is -0.127. The first-order valence-electron chi connectivity index (χ1n) is 6.64. The van der Waals surface area contributed by atoms with Crippen LogP contribution in [-0.2, 0) is 0 Å². The molecule has 3 N–H and O–H groups in total. The molecule has 122 valence electrons. The van der Waals surface area contributed by atoms with Crippen molar-refractivity contribution in [1.29, 1.82) is 0 Å². The van der Waals surface area contributed by atoms with E-state index in [0.717, 1.165) is 0 Å². The summed E-state index contributed by atoms with van der Waals surface area (Å²) in [7, 11) is 4.43. The van der Waals surface area contributed by atoms with E-state index in [1.807, 2.05) is 0 Å². The van der Waals surface area contributed by atoms with Crippen molar-refractivity contribution in [3.8, 4) is 23.0 Å². The lowest BCUT2D eigenvalue weighted by Crippen LogP contribution is -2.04. The molecule has 7 nitrogen and oxygen atoms in total. The van der Waals surface area contributed by atoms with Gasteiger partial charge in [0.15, 0.2) is 11.5 Å². The average Bonchev–Trinajstić information content (AvgIpc) is 2.55. The van der Waals surface area contributed by atoms with E-state index >= 15 is 0 Å². The molecular formula is C16H17NO6. The van der Waals surface area contributed by atoms with Gasteiger partial charge in [0.2, 0.25) is 0 Å². The van der Waals surface area contributed by atoms with E-state index in [1.54, 1.807) is 12.1 Å². The van der Waals surface area contributed by atoms with Crippen LogP contribution in [0.3, 0.4) is 0 Å². The molecule has 0 saturated heterocycles. The number of benzene rings is 2. The van der Waals surface area contributed by atoms with Crippen LogP contribution in [0.2, 0.25) is 0 Å². The van der Waals surface area contributed by atoms with E-state index in [4.69, 9.17) is 14.2 Å². The molecule has 2 aromatic rings. The van der Waals surface area contributed by atoms with E-state index in [2.05, 4.69) is 5.32 Å². The first-order valence-corrected chi connectivity index (χ1v) is 6.64. The summed E-state index contributed by atoms with van der Waals surface area (Å²) in [4.78, 5) is 11.3. The molecule has 0 aliphatic rings. The van der Waals surface area contributed by atoms with Gasteiger partial charge in [-0.05, 0) is 12.1 Å². The number of hydrogen-bond donors (Lipinski definition) is 3. The number of ether oxygens (including phenoxy) is 3. The van der Waals surface area contributed by atoms with Crippen molar-refractivity contribution in [2.75, 3.05) is 26.6 Å². The van der Waals surface area contributed by atoms with Crippen LogP contribution in [0.25, 0.3) is 0 Å². The Kier molecular flexibility index (Phi) is 4.80. The van der Waals surface area contributed by atoms with E-state index in [1.165, 1.54) is 39.5 Å². The highest BCUT2D eigenvalue weighted by Gasteiger charge is 2.18. The maximum Gasteiger partial charge on any atom is 0.337 e. The lowest BCUT2D eigenvalue weighted by Gasteiger charge is -2.17. The minimum atomic E-state index is -1.17. The first-order chi connectivity index (χ1) is 11.0. The van der Waals surface area contributed by atoms with Gasteiger partial charge in [-0.1, -0.05) is 6.07 Å². The number of nitrogens with one attached hydrogen (secondary N) is 1. The Bertz CT molecular complexity index is 729. The van der Waals surface area contributed by atoms with E-state index in [-0.39, 0.29) is 17.0 Å². The number of carboxylic acids is 1. The van der Waals surface area contributed by atoms with Gasteiger partial charge in [0.1, 0.15) is 11.5 Å². The quantitative estimate of drug-likeness (QED) is 0.704. The number of phenolic OH excluding ortho intramolecular Hbond substituents is 1. The highest BCUT2D eigenvalue weighted by atomic mass is 16.5. The van der Waals surface area contributed by atoms with Crippen molar-refractivity contribution >= 4 is 17.3 Å². The fourth-order valence-corrected chi connectivity index (χ4v) is 2.13. The van der Waals surface area contributed by atoms with Crippen LogP contribution in [-0.4, -0.2) is 37.5 Å². The van der Waals surface area contributed by atoms with Crippen LogP contribution in [0.4, 0.5) is 11.4 Å². The van der Waals surface area contributed by atoms with Crippen molar-refractivity contribution in [2.24, 2.45) is 0 Å². The Morgan fingerprint density at radius 1 is 1.09 bits per heavy atom. The van der Waals surface area contributed by atoms with Crippen LogP contribution in [0, 0.1) is 0 Å². The topological polar surface area (TPSA) is 97.2 Å². The molecule has 0 fully saturated rings. The number of anilines is 2. The van der Waals surface area contributed by atoms with Crippen LogP contribution in [0.15, 0.2) is 30.3 Å². The van der Waals surface area contributed by atoms with Crippen molar-refractivity contribution < 1.29 is 29.2 Å². The molecule has 7 heteroatoms. The predicted octanol–water partition coefficient (Wildman–Crippen LogP) is 2.86. The fraction of sp³-hybridized carbons (Fsp3) is 0.188. The van der Waals surface area contributed by atoms with Crippen LogP contribution in [0.5, 0.6) is 23.0 Å². The molecule has 0 atom stereocenters. The second kappa shape index (κ2) is 6.78. The van der Waals surface area contributed by atoms with E-state index in [9.17, 15) is 15.0 Å². The summed E-state index contributed by atoms with van der Waals surface area (Å²) in [6, 6.07) is 7.46. The number of phenols is 1. The van der Waals surface area contributed by atoms with Gasteiger partial charge in [-0.25, -0.2) is 4.79 Å². The molecule has 0 aliphatic carbocycles. The Labute approximate surface area is 133 Å². The highest BCUT2D eigenvalue weighted by Crippen LogP contribution is 2.42. The zero-order valence-electron chi connectivity index (χ0n) is 12.9. The maximum absolute atomic E-state index is 11.3. The van der Waals surface area contributed by atoms with Gasteiger partial charge < -0.3 is 29.7 Å². The number of rotatable bonds is 6. The lowest BCUT2D eigenvalue weighted by molar-refractivity contribution is 0.0697. The average molecular weight is 319 g/mol. The Morgan fingerprint density at radius 3 is 2.39 bits per heavy atom. The molecule has 0 aromatic heterocycles. The van der Waals surface area contributed by atoms with Crippen molar-refractivity contribution in [1.82, 2.24) is 0 Å². The van der Waals surface area contributed by atoms with Gasteiger partial charge >= 0.3 is 5.97 Å². The van der Waals surface area contributed by atoms with Gasteiger partial charge in [0, 0.05) is 12.1 Å². The third-order valence-corrected chi connectivity index (χ3v) is 3.22. The molecule has 0 bridgehead atoms. The number of para-hydroxylation sites is 1. The molecule has 2 rings (SSSR count). The smallest absolute Gasteiger partial charge is 0.337 e. The van der Waals surface area contributed by atoms with E-state index < -0.39 is 5.97 Å². The summed E-state index contributed by atoms with van der Waals surface area (Å²) < 4.78 is 15.7. The molecule has 0 radical (unpaired) electrons. The van der Waals surface area contributed by atoms with Gasteiger partial charge in [-0.3, -0.25) is 0 Å². The molecule has 0 saturated carbocycles. The molecule has 0 amide bonds. The summed E-state index contributed by atoms with van der Waals surface area (Å²) in [6.45, 7) is 0. The predicted molar refractivity (Wildman–Crippen MR) is 84.4 cm³/mol. The van der Waals surface area contributed by atoms with Crippen LogP contribution in [0.1, 0.15) is 10.4 Å². The summed E-state index contributed by atoms with van der Waals surface area (Å²) in [5.41, 5.74) is 0.371. The Balaban J connectivity index is 2.58. The van der Waals surface area contributed by atoms with Gasteiger partial charge in [-0.15, -0.1) is 0 Å². The zero-order chi connectivity index (χ0) is 17.0. The highest BCUT2D eigenvalue weighted by molar-refractivity contribution is 5.97. The Morgan fingerprint density at radius 2 is 1.83 bits per heavy atom. The third-order valence-electron chi connectivity index (χ3n) is 3.22. The lowest BCUT2D eigenvalue weighted by atomic mass is 10.1. The maximum atomic E-state index is 11.3. The normalized spacial score (nSPS) is 10.0. The largest absolute Gasteiger partial charge is 0.506 e. The summed E-state index contributed by atoms with van der Waals surface area (Å²) in [5, 5.41) is 22.1. The summed E-state index contributed by atoms with van der Waals surface area (Å²) >= 11 is 0. The van der Waals surface area contributed by atoms with Gasteiger partial charge in [0.05, 0.1) is 38.3 Å². The molecule has 0 unspecified atom stereocenters. The molecule has 0 aliphatic heterocycles. The second-order valence-corrected chi connectivity index (χ2v) is 4.54. The van der Waals surface area contributed by atoms with Crippen LogP contribution < -0.4 is 19.5 Å². The zero-order valence-corrected chi connectivity index (χ0v) is 12.9. The molecular weight excluding hydrogens is 302 g/mol. The minimum absolute atomic E-state index is 0.0496. The van der Waals surface area contributed by atoms with E-state index in [0.29, 0.717) is 22.9 Å². The molecule has 2 aromatic carbocycles. The Hall–Kier alpha value is -3.09. The second-order valence-electron chi connectivity index (χ2n) is 4.54. The molecule has 0 spiro atoms. The first kappa shape index (κ1) is 16.3.